The van der Waals surface area contributed by atoms with Gasteiger partial charge in [-0.25, -0.2) is 4.68 Å². The molecular formula is C18H23N5OS. The molecule has 0 spiro atoms. The molecule has 2 aromatic rings. The summed E-state index contributed by atoms with van der Waals surface area (Å²) in [5.41, 5.74) is 1.18. The number of hydrogen-bond donors (Lipinski definition) is 0. The largest absolute Gasteiger partial charge is 0.335 e. The van der Waals surface area contributed by atoms with Gasteiger partial charge in [-0.3, -0.25) is 4.79 Å². The van der Waals surface area contributed by atoms with Crippen molar-refractivity contribution in [1.29, 1.82) is 0 Å². The highest BCUT2D eigenvalue weighted by Crippen LogP contribution is 2.32. The first-order valence-electron chi connectivity index (χ1n) is 9.05. The highest BCUT2D eigenvalue weighted by molar-refractivity contribution is 7.99. The molecule has 0 atom stereocenters. The molecule has 1 amide bonds. The van der Waals surface area contributed by atoms with Crippen LogP contribution in [0.3, 0.4) is 0 Å². The SMILES string of the molecule is O=C(CSc1nnnn1C1CCCC1)N(Cc1ccccc1)C1CC1. The third-order valence-corrected chi connectivity index (χ3v) is 5.88. The van der Waals surface area contributed by atoms with E-state index >= 15 is 0 Å². The molecule has 0 N–H and O–H groups in total. The van der Waals surface area contributed by atoms with Gasteiger partial charge in [-0.2, -0.15) is 0 Å². The topological polar surface area (TPSA) is 63.9 Å². The zero-order valence-electron chi connectivity index (χ0n) is 14.3. The summed E-state index contributed by atoms with van der Waals surface area (Å²) in [6.45, 7) is 0.693. The standard InChI is InChI=1S/C18H23N5OS/c24-17(22(15-10-11-15)12-14-6-2-1-3-7-14)13-25-18-19-20-21-23(18)16-8-4-5-9-16/h1-3,6-7,15-16H,4-5,8-13H2. The van der Waals surface area contributed by atoms with Gasteiger partial charge in [0.15, 0.2) is 0 Å². The number of hydrogen-bond acceptors (Lipinski definition) is 5. The van der Waals surface area contributed by atoms with Gasteiger partial charge in [-0.1, -0.05) is 54.9 Å². The Morgan fingerprint density at radius 3 is 2.64 bits per heavy atom. The van der Waals surface area contributed by atoms with Crippen LogP contribution in [0.4, 0.5) is 0 Å². The van der Waals surface area contributed by atoms with E-state index in [4.69, 9.17) is 0 Å². The van der Waals surface area contributed by atoms with Gasteiger partial charge in [0.25, 0.3) is 0 Å². The van der Waals surface area contributed by atoms with Crippen molar-refractivity contribution in [3.8, 4) is 0 Å². The zero-order chi connectivity index (χ0) is 17.1. The second-order valence-corrected chi connectivity index (χ2v) is 7.81. The lowest BCUT2D eigenvalue weighted by atomic mass is 10.2. The molecule has 1 heterocycles. The summed E-state index contributed by atoms with van der Waals surface area (Å²) in [5, 5.41) is 12.9. The van der Waals surface area contributed by atoms with Gasteiger partial charge in [0.05, 0.1) is 11.8 Å². The number of tetrazole rings is 1. The van der Waals surface area contributed by atoms with Crippen LogP contribution in [0.15, 0.2) is 35.5 Å². The molecule has 2 fully saturated rings. The monoisotopic (exact) mass is 357 g/mol. The Morgan fingerprint density at radius 2 is 1.92 bits per heavy atom. The third kappa shape index (κ3) is 4.03. The van der Waals surface area contributed by atoms with Crippen molar-refractivity contribution < 1.29 is 4.79 Å². The summed E-state index contributed by atoms with van der Waals surface area (Å²) in [5.74, 6) is 0.577. The van der Waals surface area contributed by atoms with E-state index in [0.29, 0.717) is 24.4 Å². The molecular weight excluding hydrogens is 334 g/mol. The van der Waals surface area contributed by atoms with E-state index in [0.717, 1.165) is 30.8 Å². The van der Waals surface area contributed by atoms with Crippen molar-refractivity contribution >= 4 is 17.7 Å². The van der Waals surface area contributed by atoms with Gasteiger partial charge in [0, 0.05) is 12.6 Å². The minimum absolute atomic E-state index is 0.178. The van der Waals surface area contributed by atoms with Crippen LogP contribution in [0, 0.1) is 0 Å². The highest BCUT2D eigenvalue weighted by atomic mass is 32.2. The second kappa shape index (κ2) is 7.56. The van der Waals surface area contributed by atoms with Crippen molar-refractivity contribution in [2.75, 3.05) is 5.75 Å². The van der Waals surface area contributed by atoms with Crippen molar-refractivity contribution in [3.05, 3.63) is 35.9 Å². The molecule has 6 nitrogen and oxygen atoms in total. The lowest BCUT2D eigenvalue weighted by Crippen LogP contribution is -2.34. The van der Waals surface area contributed by atoms with E-state index in [1.165, 1.54) is 30.2 Å². The third-order valence-electron chi connectivity index (χ3n) is 4.96. The molecule has 132 valence electrons. The molecule has 0 aliphatic heterocycles. The van der Waals surface area contributed by atoms with Gasteiger partial charge in [0.1, 0.15) is 0 Å². The van der Waals surface area contributed by atoms with Gasteiger partial charge in [0.2, 0.25) is 11.1 Å². The van der Waals surface area contributed by atoms with E-state index in [2.05, 4.69) is 27.7 Å². The Bertz CT molecular complexity index is 709. The number of benzene rings is 1. The second-order valence-electron chi connectivity index (χ2n) is 6.87. The molecule has 1 aromatic carbocycles. The maximum absolute atomic E-state index is 12.8. The normalized spacial score (nSPS) is 17.8. The van der Waals surface area contributed by atoms with Crippen molar-refractivity contribution in [3.63, 3.8) is 0 Å². The average Bonchev–Trinajstić information content (AvgIpc) is 3.13. The number of amides is 1. The Kier molecular flexibility index (Phi) is 5.01. The maximum Gasteiger partial charge on any atom is 0.233 e. The lowest BCUT2D eigenvalue weighted by molar-refractivity contribution is -0.129. The van der Waals surface area contributed by atoms with Crippen LogP contribution in [0.25, 0.3) is 0 Å². The molecule has 25 heavy (non-hydrogen) atoms. The first-order valence-corrected chi connectivity index (χ1v) is 10.0. The minimum Gasteiger partial charge on any atom is -0.335 e. The summed E-state index contributed by atoms with van der Waals surface area (Å²) in [6, 6.07) is 11.0. The summed E-state index contributed by atoms with van der Waals surface area (Å²) >= 11 is 1.47. The number of carbonyl (C=O) groups is 1. The number of thioether (sulfide) groups is 1. The molecule has 4 rings (SSSR count). The number of carbonyl (C=O) groups excluding carboxylic acids is 1. The number of nitrogens with zero attached hydrogens (tertiary/aromatic N) is 5. The summed E-state index contributed by atoms with van der Waals surface area (Å²) < 4.78 is 1.92. The van der Waals surface area contributed by atoms with Crippen LogP contribution in [-0.4, -0.2) is 42.8 Å². The van der Waals surface area contributed by atoms with Gasteiger partial charge >= 0.3 is 0 Å². The Hall–Kier alpha value is -1.89. The first kappa shape index (κ1) is 16.6. The van der Waals surface area contributed by atoms with Crippen LogP contribution in [0.5, 0.6) is 0 Å². The molecule has 2 aliphatic rings. The molecule has 0 unspecified atom stereocenters. The Labute approximate surface area is 152 Å². The zero-order valence-corrected chi connectivity index (χ0v) is 15.1. The summed E-state index contributed by atoms with van der Waals surface area (Å²) in [6.07, 6.45) is 6.97. The Balaban J connectivity index is 1.38. The van der Waals surface area contributed by atoms with E-state index in [1.807, 2.05) is 27.8 Å². The van der Waals surface area contributed by atoms with Gasteiger partial charge < -0.3 is 4.90 Å². The van der Waals surface area contributed by atoms with E-state index in [-0.39, 0.29) is 5.91 Å². The summed E-state index contributed by atoms with van der Waals surface area (Å²) in [7, 11) is 0. The van der Waals surface area contributed by atoms with E-state index in [9.17, 15) is 4.79 Å². The van der Waals surface area contributed by atoms with Crippen LogP contribution >= 0.6 is 11.8 Å². The average molecular weight is 357 g/mol. The molecule has 2 aliphatic carbocycles. The molecule has 0 bridgehead atoms. The quantitative estimate of drug-likeness (QED) is 0.713. The first-order chi connectivity index (χ1) is 12.3. The predicted molar refractivity (Wildman–Crippen MR) is 96.1 cm³/mol. The molecule has 0 saturated heterocycles. The van der Waals surface area contributed by atoms with Crippen LogP contribution in [0.1, 0.15) is 50.1 Å². The maximum atomic E-state index is 12.8. The van der Waals surface area contributed by atoms with E-state index < -0.39 is 0 Å². The van der Waals surface area contributed by atoms with Crippen LogP contribution < -0.4 is 0 Å². The fourth-order valence-corrected chi connectivity index (χ4v) is 4.29. The fourth-order valence-electron chi connectivity index (χ4n) is 3.45. The molecule has 7 heteroatoms. The smallest absolute Gasteiger partial charge is 0.233 e. The van der Waals surface area contributed by atoms with Crippen molar-refractivity contribution in [2.24, 2.45) is 0 Å². The number of aromatic nitrogens is 4. The minimum atomic E-state index is 0.178. The lowest BCUT2D eigenvalue weighted by Gasteiger charge is -2.22. The Morgan fingerprint density at radius 1 is 1.16 bits per heavy atom. The van der Waals surface area contributed by atoms with Crippen LogP contribution in [0.2, 0.25) is 0 Å². The van der Waals surface area contributed by atoms with Crippen molar-refractivity contribution in [1.82, 2.24) is 25.1 Å². The number of rotatable bonds is 7. The predicted octanol–water partition coefficient (Wildman–Crippen LogP) is 3.07. The summed E-state index contributed by atoms with van der Waals surface area (Å²) in [4.78, 5) is 14.8. The fraction of sp³-hybridized carbons (Fsp3) is 0.556. The molecule has 2 saturated carbocycles. The molecule has 1 aromatic heterocycles. The van der Waals surface area contributed by atoms with Gasteiger partial charge in [-0.05, 0) is 41.7 Å². The van der Waals surface area contributed by atoms with Crippen molar-refractivity contribution in [2.45, 2.75) is 62.3 Å². The molecule has 0 radical (unpaired) electrons. The van der Waals surface area contributed by atoms with Gasteiger partial charge in [-0.15, -0.1) is 5.10 Å². The van der Waals surface area contributed by atoms with E-state index in [1.54, 1.807) is 0 Å². The highest BCUT2D eigenvalue weighted by Gasteiger charge is 2.32. The van der Waals surface area contributed by atoms with Crippen LogP contribution in [-0.2, 0) is 11.3 Å².